The SMILES string of the molecule is CC(C)(C)OC(=O)N1CCC(N/C=C(\C=N)c2cc(C(F)(F)F)c(C#N)c(N3CCC3)n2)C(O)C1. The molecule has 0 bridgehead atoms. The van der Waals surface area contributed by atoms with Gasteiger partial charge in [-0.3, -0.25) is 0 Å². The van der Waals surface area contributed by atoms with Gasteiger partial charge >= 0.3 is 12.3 Å². The van der Waals surface area contributed by atoms with Gasteiger partial charge in [-0.25, -0.2) is 9.78 Å². The average Bonchev–Trinajstić information content (AvgIpc) is 2.71. The minimum Gasteiger partial charge on any atom is -0.444 e. The van der Waals surface area contributed by atoms with Crippen molar-refractivity contribution in [3.8, 4) is 6.07 Å². The van der Waals surface area contributed by atoms with Crippen molar-refractivity contribution in [3.63, 3.8) is 0 Å². The molecule has 2 fully saturated rings. The predicted octanol–water partition coefficient (Wildman–Crippen LogP) is 3.13. The summed E-state index contributed by atoms with van der Waals surface area (Å²) >= 11 is 0. The number of nitriles is 1. The first-order valence-corrected chi connectivity index (χ1v) is 11.2. The maximum atomic E-state index is 13.7. The molecular formula is C23H29F3N6O3. The second-order valence-corrected chi connectivity index (χ2v) is 9.50. The molecule has 1 aromatic heterocycles. The number of hydrogen-bond donors (Lipinski definition) is 3. The van der Waals surface area contributed by atoms with E-state index in [1.807, 2.05) is 0 Å². The summed E-state index contributed by atoms with van der Waals surface area (Å²) in [5, 5.41) is 30.6. The van der Waals surface area contributed by atoms with Crippen LogP contribution < -0.4 is 10.2 Å². The van der Waals surface area contributed by atoms with Crippen LogP contribution in [0.15, 0.2) is 12.3 Å². The largest absolute Gasteiger partial charge is 0.444 e. The van der Waals surface area contributed by atoms with Crippen molar-refractivity contribution in [2.75, 3.05) is 31.1 Å². The number of aliphatic hydroxyl groups excluding tert-OH is 1. The highest BCUT2D eigenvalue weighted by atomic mass is 19.4. The molecule has 1 amide bonds. The van der Waals surface area contributed by atoms with Crippen molar-refractivity contribution in [2.45, 2.75) is 57.5 Å². The second kappa shape index (κ2) is 10.1. The molecular weight excluding hydrogens is 465 g/mol. The number of nitrogens with one attached hydrogen (secondary N) is 2. The first-order chi connectivity index (χ1) is 16.3. The minimum atomic E-state index is -4.77. The average molecular weight is 495 g/mol. The maximum absolute atomic E-state index is 13.7. The summed E-state index contributed by atoms with van der Waals surface area (Å²) in [5.74, 6) is -0.0537. The Labute approximate surface area is 201 Å². The number of pyridine rings is 1. The van der Waals surface area contributed by atoms with E-state index < -0.39 is 41.1 Å². The summed E-state index contributed by atoms with van der Waals surface area (Å²) in [5.41, 5.74) is -2.37. The summed E-state index contributed by atoms with van der Waals surface area (Å²) in [6, 6.07) is 1.89. The Bertz CT molecular complexity index is 1040. The van der Waals surface area contributed by atoms with Crippen molar-refractivity contribution in [1.82, 2.24) is 15.2 Å². The maximum Gasteiger partial charge on any atom is 0.417 e. The van der Waals surface area contributed by atoms with Gasteiger partial charge in [-0.05, 0) is 39.7 Å². The lowest BCUT2D eigenvalue weighted by atomic mass is 10.0. The first-order valence-electron chi connectivity index (χ1n) is 11.2. The number of aliphatic hydroxyl groups is 1. The predicted molar refractivity (Wildman–Crippen MR) is 123 cm³/mol. The van der Waals surface area contributed by atoms with Crippen LogP contribution in [0.25, 0.3) is 5.57 Å². The summed E-state index contributed by atoms with van der Waals surface area (Å²) < 4.78 is 46.5. The number of allylic oxidation sites excluding steroid dienone is 1. The molecule has 3 N–H and O–H groups in total. The van der Waals surface area contributed by atoms with E-state index in [1.54, 1.807) is 31.7 Å². The lowest BCUT2D eigenvalue weighted by Crippen LogP contribution is -2.53. The van der Waals surface area contributed by atoms with Crippen molar-refractivity contribution in [2.24, 2.45) is 0 Å². The van der Waals surface area contributed by atoms with Gasteiger partial charge in [-0.1, -0.05) is 0 Å². The van der Waals surface area contributed by atoms with Gasteiger partial charge < -0.3 is 30.4 Å². The highest BCUT2D eigenvalue weighted by molar-refractivity contribution is 6.07. The number of nitrogens with zero attached hydrogens (tertiary/aromatic N) is 4. The van der Waals surface area contributed by atoms with E-state index in [9.17, 15) is 28.3 Å². The van der Waals surface area contributed by atoms with E-state index in [-0.39, 0.29) is 23.6 Å². The Morgan fingerprint density at radius 1 is 1.34 bits per heavy atom. The molecule has 0 spiro atoms. The number of β-amino-alcohol motifs (C(OH)–C–C–N with tert-alkyl or cyclic N) is 1. The van der Waals surface area contributed by atoms with Crippen LogP contribution in [0.3, 0.4) is 0 Å². The molecule has 35 heavy (non-hydrogen) atoms. The number of rotatable bonds is 5. The van der Waals surface area contributed by atoms with E-state index in [0.717, 1.165) is 18.7 Å². The zero-order valence-corrected chi connectivity index (χ0v) is 19.8. The Balaban J connectivity index is 1.81. The Hall–Kier alpha value is -3.33. The van der Waals surface area contributed by atoms with Gasteiger partial charge in [0, 0.05) is 37.6 Å². The van der Waals surface area contributed by atoms with E-state index in [0.29, 0.717) is 26.1 Å². The zero-order valence-electron chi connectivity index (χ0n) is 19.8. The van der Waals surface area contributed by atoms with Crippen LogP contribution in [0.1, 0.15) is 50.4 Å². The molecule has 3 rings (SSSR count). The number of aromatic nitrogens is 1. The Morgan fingerprint density at radius 2 is 2.03 bits per heavy atom. The first kappa shape index (κ1) is 26.3. The highest BCUT2D eigenvalue weighted by Crippen LogP contribution is 2.37. The molecule has 2 aliphatic heterocycles. The fourth-order valence-corrected chi connectivity index (χ4v) is 3.77. The van der Waals surface area contributed by atoms with Crippen LogP contribution in [0.2, 0.25) is 0 Å². The van der Waals surface area contributed by atoms with Crippen LogP contribution in [-0.2, 0) is 10.9 Å². The number of carbonyl (C=O) groups excluding carboxylic acids is 1. The zero-order chi connectivity index (χ0) is 26.0. The lowest BCUT2D eigenvalue weighted by Gasteiger charge is -2.36. The molecule has 0 radical (unpaired) electrons. The fourth-order valence-electron chi connectivity index (χ4n) is 3.77. The Morgan fingerprint density at radius 3 is 2.51 bits per heavy atom. The number of amides is 1. The van der Waals surface area contributed by atoms with E-state index in [4.69, 9.17) is 10.1 Å². The molecule has 2 aliphatic rings. The van der Waals surface area contributed by atoms with Crippen molar-refractivity contribution in [3.05, 3.63) is 29.1 Å². The fraction of sp³-hybridized carbons (Fsp3) is 0.565. The van der Waals surface area contributed by atoms with Gasteiger partial charge in [0.25, 0.3) is 0 Å². The van der Waals surface area contributed by atoms with Crippen LogP contribution in [0.4, 0.5) is 23.8 Å². The summed E-state index contributed by atoms with van der Waals surface area (Å²) in [6.45, 7) is 6.55. The molecule has 0 saturated carbocycles. The van der Waals surface area contributed by atoms with Gasteiger partial charge in [-0.2, -0.15) is 18.4 Å². The number of ether oxygens (including phenoxy) is 1. The number of carbonyl (C=O) groups is 1. The van der Waals surface area contributed by atoms with Gasteiger partial charge in [0.15, 0.2) is 0 Å². The number of alkyl halides is 3. The second-order valence-electron chi connectivity index (χ2n) is 9.50. The summed E-state index contributed by atoms with van der Waals surface area (Å²) in [7, 11) is 0. The van der Waals surface area contributed by atoms with Crippen molar-refractivity contribution >= 4 is 23.7 Å². The molecule has 9 nitrogen and oxygen atoms in total. The highest BCUT2D eigenvalue weighted by Gasteiger charge is 2.38. The van der Waals surface area contributed by atoms with E-state index in [1.165, 1.54) is 11.1 Å². The van der Waals surface area contributed by atoms with E-state index >= 15 is 0 Å². The van der Waals surface area contributed by atoms with E-state index in [2.05, 4.69) is 10.3 Å². The molecule has 2 atom stereocenters. The van der Waals surface area contributed by atoms with Gasteiger partial charge in [0.1, 0.15) is 23.1 Å². The third kappa shape index (κ3) is 6.22. The topological polar surface area (TPSA) is 126 Å². The number of likely N-dealkylation sites (tertiary alicyclic amines) is 1. The smallest absolute Gasteiger partial charge is 0.417 e. The number of piperidine rings is 1. The summed E-state index contributed by atoms with van der Waals surface area (Å²) in [4.78, 5) is 19.5. The number of anilines is 1. The molecule has 0 aromatic carbocycles. The quantitative estimate of drug-likeness (QED) is 0.537. The molecule has 190 valence electrons. The third-order valence-electron chi connectivity index (χ3n) is 5.71. The monoisotopic (exact) mass is 494 g/mol. The molecule has 2 saturated heterocycles. The van der Waals surface area contributed by atoms with Crippen LogP contribution in [-0.4, -0.2) is 71.2 Å². The molecule has 3 heterocycles. The molecule has 1 aromatic rings. The van der Waals surface area contributed by atoms with Crippen molar-refractivity contribution in [1.29, 1.82) is 10.7 Å². The van der Waals surface area contributed by atoms with Gasteiger partial charge in [0.2, 0.25) is 0 Å². The normalized spacial score (nSPS) is 21.1. The van der Waals surface area contributed by atoms with Gasteiger partial charge in [-0.15, -0.1) is 0 Å². The van der Waals surface area contributed by atoms with Crippen molar-refractivity contribution < 1.29 is 27.8 Å². The molecule has 0 aliphatic carbocycles. The third-order valence-corrected chi connectivity index (χ3v) is 5.71. The van der Waals surface area contributed by atoms with Gasteiger partial charge in [0.05, 0.1) is 29.9 Å². The number of hydrogen-bond acceptors (Lipinski definition) is 8. The van der Waals surface area contributed by atoms with Crippen LogP contribution in [0.5, 0.6) is 0 Å². The van der Waals surface area contributed by atoms with Crippen LogP contribution in [0, 0.1) is 16.7 Å². The lowest BCUT2D eigenvalue weighted by molar-refractivity contribution is -0.137. The molecule has 12 heteroatoms. The number of halogens is 3. The standard InChI is InChI=1S/C23H29F3N6O3/c1-22(2,3)35-21(34)32-8-5-17(19(33)13-32)29-12-14(10-27)18-9-16(23(24,25)26)15(11-28)20(30-18)31-6-4-7-31/h9-10,12,17,19,27,29,33H,4-8,13H2,1-3H3/b14-12+,27-10?. The van der Waals surface area contributed by atoms with Crippen LogP contribution >= 0.6 is 0 Å². The minimum absolute atomic E-state index is 0.0206. The molecule has 2 unspecified atom stereocenters. The summed E-state index contributed by atoms with van der Waals surface area (Å²) in [6.07, 6.45) is -2.93. The Kier molecular flexibility index (Phi) is 7.59.